The van der Waals surface area contributed by atoms with Crippen LogP contribution in [0, 0.1) is 5.92 Å². The summed E-state index contributed by atoms with van der Waals surface area (Å²) in [6.07, 6.45) is 7.03. The molecule has 2 aromatic rings. The zero-order chi connectivity index (χ0) is 17.6. The molecule has 1 fully saturated rings. The van der Waals surface area contributed by atoms with Crippen molar-refractivity contribution in [1.82, 2.24) is 19.9 Å². The highest BCUT2D eigenvalue weighted by molar-refractivity contribution is 5.76. The molecule has 1 atom stereocenters. The van der Waals surface area contributed by atoms with E-state index in [2.05, 4.69) is 29.1 Å². The normalized spacial score (nSPS) is 17.9. The van der Waals surface area contributed by atoms with E-state index in [0.717, 1.165) is 43.6 Å². The average molecular weight is 340 g/mol. The van der Waals surface area contributed by atoms with E-state index in [9.17, 15) is 4.79 Å². The van der Waals surface area contributed by atoms with Gasteiger partial charge < -0.3 is 4.90 Å². The lowest BCUT2D eigenvalue weighted by molar-refractivity contribution is -0.135. The summed E-state index contributed by atoms with van der Waals surface area (Å²) in [7, 11) is 0. The first-order chi connectivity index (χ1) is 12.1. The van der Waals surface area contributed by atoms with Gasteiger partial charge in [-0.3, -0.25) is 9.48 Å². The number of hydrogen-bond acceptors (Lipinski definition) is 3. The van der Waals surface area contributed by atoms with Gasteiger partial charge in [-0.1, -0.05) is 49.4 Å². The van der Waals surface area contributed by atoms with Gasteiger partial charge in [0.1, 0.15) is 5.69 Å². The molecular formula is C20H28N4O. The number of aromatic nitrogens is 3. The number of piperidine rings is 1. The number of amides is 1. The van der Waals surface area contributed by atoms with Gasteiger partial charge in [0.15, 0.2) is 0 Å². The molecule has 1 aromatic heterocycles. The molecule has 1 aliphatic heterocycles. The van der Waals surface area contributed by atoms with Gasteiger partial charge >= 0.3 is 0 Å². The molecule has 1 unspecified atom stereocenters. The molecule has 0 N–H and O–H groups in total. The highest BCUT2D eigenvalue weighted by Crippen LogP contribution is 2.22. The lowest BCUT2D eigenvalue weighted by Gasteiger charge is -2.36. The fourth-order valence-electron chi connectivity index (χ4n) is 3.53. The Kier molecular flexibility index (Phi) is 5.84. The number of rotatable bonds is 6. The second-order valence-corrected chi connectivity index (χ2v) is 7.36. The Bertz CT molecular complexity index is 680. The summed E-state index contributed by atoms with van der Waals surface area (Å²) in [5.41, 5.74) is 1.98. The Morgan fingerprint density at radius 1 is 1.24 bits per heavy atom. The van der Waals surface area contributed by atoms with Gasteiger partial charge in [-0.05, 0) is 31.6 Å². The highest BCUT2D eigenvalue weighted by atomic mass is 16.2. The Labute approximate surface area is 150 Å². The quantitative estimate of drug-likeness (QED) is 0.804. The Morgan fingerprint density at radius 2 is 2.04 bits per heavy atom. The second-order valence-electron chi connectivity index (χ2n) is 7.36. The predicted octanol–water partition coefficient (Wildman–Crippen LogP) is 3.76. The topological polar surface area (TPSA) is 51.0 Å². The zero-order valence-corrected chi connectivity index (χ0v) is 15.3. The summed E-state index contributed by atoms with van der Waals surface area (Å²) < 4.78 is 1.90. The maximum absolute atomic E-state index is 12.5. The molecule has 0 saturated carbocycles. The van der Waals surface area contributed by atoms with Gasteiger partial charge in [-0.15, -0.1) is 5.10 Å². The van der Waals surface area contributed by atoms with Crippen molar-refractivity contribution in [3.8, 4) is 11.3 Å². The number of carbonyl (C=O) groups excluding carboxylic acids is 1. The minimum Gasteiger partial charge on any atom is -0.340 e. The van der Waals surface area contributed by atoms with Crippen LogP contribution in [-0.4, -0.2) is 38.4 Å². The SMILES string of the molecule is CC(C)CC(=O)N1CCCCC1CCn1cc(-c2ccccc2)nn1. The summed E-state index contributed by atoms with van der Waals surface area (Å²) in [6.45, 7) is 5.92. The standard InChI is InChI=1S/C20H28N4O/c1-16(2)14-20(25)24-12-7-6-10-18(24)11-13-23-15-19(21-22-23)17-8-4-3-5-9-17/h3-5,8-9,15-16,18H,6-7,10-14H2,1-2H3. The number of hydrogen-bond donors (Lipinski definition) is 0. The molecule has 0 aliphatic carbocycles. The lowest BCUT2D eigenvalue weighted by atomic mass is 9.97. The van der Waals surface area contributed by atoms with E-state index in [0.29, 0.717) is 24.3 Å². The van der Waals surface area contributed by atoms with Gasteiger partial charge in [0.05, 0.1) is 6.20 Å². The molecule has 2 heterocycles. The third-order valence-electron chi connectivity index (χ3n) is 4.83. The first-order valence-corrected chi connectivity index (χ1v) is 9.38. The van der Waals surface area contributed by atoms with Crippen LogP contribution in [0.4, 0.5) is 0 Å². The monoisotopic (exact) mass is 340 g/mol. The fraction of sp³-hybridized carbons (Fsp3) is 0.550. The molecule has 134 valence electrons. The Morgan fingerprint density at radius 3 is 2.80 bits per heavy atom. The first-order valence-electron chi connectivity index (χ1n) is 9.38. The zero-order valence-electron chi connectivity index (χ0n) is 15.3. The summed E-state index contributed by atoms with van der Waals surface area (Å²) in [6, 6.07) is 10.4. The molecule has 5 nitrogen and oxygen atoms in total. The second kappa shape index (κ2) is 8.28. The van der Waals surface area contributed by atoms with Crippen LogP contribution in [0.25, 0.3) is 11.3 Å². The van der Waals surface area contributed by atoms with Crippen molar-refractivity contribution in [3.05, 3.63) is 36.5 Å². The number of likely N-dealkylation sites (tertiary alicyclic amines) is 1. The van der Waals surface area contributed by atoms with E-state index in [1.165, 1.54) is 6.42 Å². The van der Waals surface area contributed by atoms with Crippen molar-refractivity contribution >= 4 is 5.91 Å². The molecule has 0 bridgehead atoms. The molecule has 5 heteroatoms. The van der Waals surface area contributed by atoms with Gasteiger partial charge in [0.25, 0.3) is 0 Å². The van der Waals surface area contributed by atoms with Crippen LogP contribution in [0.3, 0.4) is 0 Å². The van der Waals surface area contributed by atoms with E-state index >= 15 is 0 Å². The summed E-state index contributed by atoms with van der Waals surface area (Å²) in [5.74, 6) is 0.724. The van der Waals surface area contributed by atoms with E-state index in [1.54, 1.807) is 0 Å². The number of carbonyl (C=O) groups is 1. The maximum atomic E-state index is 12.5. The van der Waals surface area contributed by atoms with Crippen molar-refractivity contribution in [2.75, 3.05) is 6.54 Å². The maximum Gasteiger partial charge on any atom is 0.223 e. The van der Waals surface area contributed by atoms with Crippen LogP contribution in [0.1, 0.15) is 46.0 Å². The number of nitrogens with zero attached hydrogens (tertiary/aromatic N) is 4. The Balaban J connectivity index is 1.60. The number of benzene rings is 1. The molecular weight excluding hydrogens is 312 g/mol. The van der Waals surface area contributed by atoms with E-state index in [1.807, 2.05) is 41.2 Å². The van der Waals surface area contributed by atoms with E-state index in [4.69, 9.17) is 0 Å². The molecule has 25 heavy (non-hydrogen) atoms. The van der Waals surface area contributed by atoms with Crippen LogP contribution < -0.4 is 0 Å². The van der Waals surface area contributed by atoms with Crippen molar-refractivity contribution in [3.63, 3.8) is 0 Å². The first kappa shape index (κ1) is 17.6. The molecule has 0 radical (unpaired) electrons. The highest BCUT2D eigenvalue weighted by Gasteiger charge is 2.26. The molecule has 0 spiro atoms. The Hall–Kier alpha value is -2.17. The minimum atomic E-state index is 0.309. The van der Waals surface area contributed by atoms with Crippen LogP contribution in [-0.2, 0) is 11.3 Å². The summed E-state index contributed by atoms with van der Waals surface area (Å²) in [5, 5.41) is 8.53. The van der Waals surface area contributed by atoms with Crippen LogP contribution in [0.2, 0.25) is 0 Å². The molecule has 1 aliphatic rings. The van der Waals surface area contributed by atoms with Gasteiger partial charge in [-0.2, -0.15) is 0 Å². The fourth-order valence-corrected chi connectivity index (χ4v) is 3.53. The van der Waals surface area contributed by atoms with Gasteiger partial charge in [-0.25, -0.2) is 0 Å². The third kappa shape index (κ3) is 4.68. The summed E-state index contributed by atoms with van der Waals surface area (Å²) >= 11 is 0. The predicted molar refractivity (Wildman–Crippen MR) is 98.9 cm³/mol. The van der Waals surface area contributed by atoms with Crippen LogP contribution >= 0.6 is 0 Å². The molecule has 1 aromatic carbocycles. The largest absolute Gasteiger partial charge is 0.340 e. The molecule has 3 rings (SSSR count). The minimum absolute atomic E-state index is 0.309. The number of aryl methyl sites for hydroxylation is 1. The molecule has 1 amide bonds. The van der Waals surface area contributed by atoms with E-state index in [-0.39, 0.29) is 0 Å². The van der Waals surface area contributed by atoms with Gasteiger partial charge in [0.2, 0.25) is 5.91 Å². The van der Waals surface area contributed by atoms with Crippen molar-refractivity contribution in [1.29, 1.82) is 0 Å². The average Bonchev–Trinajstić information content (AvgIpc) is 3.09. The third-order valence-corrected chi connectivity index (χ3v) is 4.83. The summed E-state index contributed by atoms with van der Waals surface area (Å²) in [4.78, 5) is 14.6. The van der Waals surface area contributed by atoms with Crippen molar-refractivity contribution < 1.29 is 4.79 Å². The van der Waals surface area contributed by atoms with Crippen molar-refractivity contribution in [2.24, 2.45) is 5.92 Å². The van der Waals surface area contributed by atoms with Gasteiger partial charge in [0, 0.05) is 31.1 Å². The molecule has 1 saturated heterocycles. The van der Waals surface area contributed by atoms with Crippen molar-refractivity contribution in [2.45, 2.75) is 58.5 Å². The van der Waals surface area contributed by atoms with Crippen LogP contribution in [0.15, 0.2) is 36.5 Å². The van der Waals surface area contributed by atoms with E-state index < -0.39 is 0 Å². The lowest BCUT2D eigenvalue weighted by Crippen LogP contribution is -2.44. The smallest absolute Gasteiger partial charge is 0.223 e. The van der Waals surface area contributed by atoms with Crippen LogP contribution in [0.5, 0.6) is 0 Å².